The molecule has 4 saturated carbocycles. The Morgan fingerprint density at radius 1 is 1.05 bits per heavy atom. The van der Waals surface area contributed by atoms with Crippen LogP contribution in [0.2, 0.25) is 0 Å². The molecule has 2 heteroatoms. The Balaban J connectivity index is 1.32. The third-order valence-electron chi connectivity index (χ3n) is 6.42. The molecule has 4 bridgehead atoms. The predicted octanol–water partition coefficient (Wildman–Crippen LogP) is 3.98. The quantitative estimate of drug-likeness (QED) is 0.862. The molecule has 0 radical (unpaired) electrons. The summed E-state index contributed by atoms with van der Waals surface area (Å²) in [6, 6.07) is 8.30. The molecule has 5 rings (SSSR count). The van der Waals surface area contributed by atoms with Gasteiger partial charge in [-0.15, -0.1) is 0 Å². The Kier molecular flexibility index (Phi) is 3.78. The van der Waals surface area contributed by atoms with Gasteiger partial charge in [-0.05, 0) is 81.7 Å². The van der Waals surface area contributed by atoms with E-state index in [1.54, 1.807) is 0 Å². The van der Waals surface area contributed by atoms with Gasteiger partial charge in [0, 0.05) is 5.54 Å². The van der Waals surface area contributed by atoms with Crippen LogP contribution in [0, 0.1) is 24.7 Å². The van der Waals surface area contributed by atoms with Gasteiger partial charge in [0.05, 0.1) is 6.10 Å². The minimum Gasteiger partial charge on any atom is -0.388 e. The molecule has 0 amide bonds. The highest BCUT2D eigenvalue weighted by atomic mass is 16.3. The van der Waals surface area contributed by atoms with Crippen molar-refractivity contribution in [3.8, 4) is 0 Å². The maximum atomic E-state index is 10.4. The lowest BCUT2D eigenvalue weighted by molar-refractivity contribution is -0.0209. The Labute approximate surface area is 134 Å². The summed E-state index contributed by atoms with van der Waals surface area (Å²) >= 11 is 0. The van der Waals surface area contributed by atoms with Gasteiger partial charge < -0.3 is 10.4 Å². The van der Waals surface area contributed by atoms with Crippen LogP contribution in [0.4, 0.5) is 0 Å². The summed E-state index contributed by atoms with van der Waals surface area (Å²) in [4.78, 5) is 0. The van der Waals surface area contributed by atoms with Gasteiger partial charge in [-0.2, -0.15) is 0 Å². The molecule has 1 aromatic carbocycles. The first-order valence-corrected chi connectivity index (χ1v) is 9.11. The van der Waals surface area contributed by atoms with Crippen LogP contribution in [0.25, 0.3) is 0 Å². The lowest BCUT2D eigenvalue weighted by atomic mass is 9.53. The van der Waals surface area contributed by atoms with Crippen molar-refractivity contribution in [2.45, 2.75) is 63.5 Å². The molecule has 1 atom stereocenters. The summed E-state index contributed by atoms with van der Waals surface area (Å²) in [6.45, 7) is 3.03. The van der Waals surface area contributed by atoms with E-state index < -0.39 is 0 Å². The Morgan fingerprint density at radius 2 is 1.59 bits per heavy atom. The summed E-state index contributed by atoms with van der Waals surface area (Å²) in [5.74, 6) is 2.96. The van der Waals surface area contributed by atoms with Crippen molar-refractivity contribution < 1.29 is 5.11 Å². The average molecular weight is 299 g/mol. The molecule has 0 saturated heterocycles. The molecule has 0 aliphatic heterocycles. The van der Waals surface area contributed by atoms with Gasteiger partial charge in [0.2, 0.25) is 0 Å². The molecule has 2 nitrogen and oxygen atoms in total. The zero-order valence-electron chi connectivity index (χ0n) is 13.7. The van der Waals surface area contributed by atoms with Gasteiger partial charge in [-0.1, -0.05) is 29.8 Å². The predicted molar refractivity (Wildman–Crippen MR) is 89.7 cm³/mol. The zero-order chi connectivity index (χ0) is 15.2. The maximum Gasteiger partial charge on any atom is 0.0802 e. The third-order valence-corrected chi connectivity index (χ3v) is 6.42. The van der Waals surface area contributed by atoms with Crippen molar-refractivity contribution in [2.24, 2.45) is 17.8 Å². The maximum absolute atomic E-state index is 10.4. The van der Waals surface area contributed by atoms with Gasteiger partial charge in [0.25, 0.3) is 0 Å². The molecule has 2 N–H and O–H groups in total. The summed E-state index contributed by atoms with van der Waals surface area (Å²) in [6.07, 6.45) is 9.14. The first-order valence-electron chi connectivity index (χ1n) is 9.11. The number of hydrogen-bond acceptors (Lipinski definition) is 2. The van der Waals surface area contributed by atoms with Gasteiger partial charge >= 0.3 is 0 Å². The van der Waals surface area contributed by atoms with Gasteiger partial charge in [-0.25, -0.2) is 0 Å². The standard InChI is InChI=1S/C20H29NO/c1-14-2-4-18(5-3-14)19(22)6-7-21-20-11-15-8-16(12-20)10-17(9-15)13-20/h2-5,15-17,19,21-22H,6-13H2,1H3. The number of aryl methyl sites for hydroxylation is 1. The van der Waals surface area contributed by atoms with Crippen LogP contribution in [0.5, 0.6) is 0 Å². The lowest BCUT2D eigenvalue weighted by Gasteiger charge is -2.57. The second-order valence-corrected chi connectivity index (χ2v) is 8.34. The Bertz CT molecular complexity index is 486. The van der Waals surface area contributed by atoms with Crippen LogP contribution < -0.4 is 5.32 Å². The number of aliphatic hydroxyl groups is 1. The Hall–Kier alpha value is -0.860. The van der Waals surface area contributed by atoms with E-state index in [4.69, 9.17) is 0 Å². The zero-order valence-corrected chi connectivity index (χ0v) is 13.7. The summed E-state index contributed by atoms with van der Waals surface area (Å²) < 4.78 is 0. The summed E-state index contributed by atoms with van der Waals surface area (Å²) in [7, 11) is 0. The van der Waals surface area contributed by atoms with Crippen LogP contribution in [0.1, 0.15) is 62.2 Å². The van der Waals surface area contributed by atoms with Crippen LogP contribution in [0.3, 0.4) is 0 Å². The molecule has 4 fully saturated rings. The highest BCUT2D eigenvalue weighted by Crippen LogP contribution is 2.55. The Morgan fingerprint density at radius 3 is 2.14 bits per heavy atom. The van der Waals surface area contributed by atoms with E-state index in [2.05, 4.69) is 36.5 Å². The molecule has 1 unspecified atom stereocenters. The van der Waals surface area contributed by atoms with Crippen molar-refractivity contribution in [3.05, 3.63) is 35.4 Å². The molecule has 1 aromatic rings. The first kappa shape index (κ1) is 14.7. The molecule has 0 heterocycles. The van der Waals surface area contributed by atoms with E-state index in [0.717, 1.165) is 36.3 Å². The van der Waals surface area contributed by atoms with Crippen LogP contribution in [0.15, 0.2) is 24.3 Å². The number of aliphatic hydroxyl groups excluding tert-OH is 1. The van der Waals surface area contributed by atoms with E-state index in [1.807, 2.05) is 0 Å². The SMILES string of the molecule is Cc1ccc(C(O)CCNC23CC4CC(CC(C4)C2)C3)cc1. The van der Waals surface area contributed by atoms with Crippen molar-refractivity contribution in [1.82, 2.24) is 5.32 Å². The van der Waals surface area contributed by atoms with Crippen molar-refractivity contribution in [1.29, 1.82) is 0 Å². The second kappa shape index (κ2) is 5.65. The smallest absolute Gasteiger partial charge is 0.0802 e. The monoisotopic (exact) mass is 299 g/mol. The number of benzene rings is 1. The van der Waals surface area contributed by atoms with Crippen LogP contribution in [-0.2, 0) is 0 Å². The summed E-state index contributed by atoms with van der Waals surface area (Å²) in [5, 5.41) is 14.3. The van der Waals surface area contributed by atoms with E-state index in [1.165, 1.54) is 44.1 Å². The highest BCUT2D eigenvalue weighted by Gasteiger charge is 2.50. The average Bonchev–Trinajstić information content (AvgIpc) is 2.46. The van der Waals surface area contributed by atoms with Crippen molar-refractivity contribution >= 4 is 0 Å². The van der Waals surface area contributed by atoms with E-state index in [0.29, 0.717) is 5.54 Å². The summed E-state index contributed by atoms with van der Waals surface area (Å²) in [5.41, 5.74) is 2.72. The number of nitrogens with one attached hydrogen (secondary N) is 1. The van der Waals surface area contributed by atoms with Crippen LogP contribution >= 0.6 is 0 Å². The fourth-order valence-electron chi connectivity index (χ4n) is 5.76. The molecule has 22 heavy (non-hydrogen) atoms. The van der Waals surface area contributed by atoms with E-state index >= 15 is 0 Å². The van der Waals surface area contributed by atoms with E-state index in [-0.39, 0.29) is 6.10 Å². The minimum absolute atomic E-state index is 0.331. The number of hydrogen-bond donors (Lipinski definition) is 2. The van der Waals surface area contributed by atoms with Crippen molar-refractivity contribution in [3.63, 3.8) is 0 Å². The molecular formula is C20H29NO. The second-order valence-electron chi connectivity index (χ2n) is 8.34. The van der Waals surface area contributed by atoms with Crippen molar-refractivity contribution in [2.75, 3.05) is 6.54 Å². The third kappa shape index (κ3) is 2.83. The fraction of sp³-hybridized carbons (Fsp3) is 0.700. The lowest BCUT2D eigenvalue weighted by Crippen LogP contribution is -2.58. The van der Waals surface area contributed by atoms with Gasteiger partial charge in [0.1, 0.15) is 0 Å². The molecule has 120 valence electrons. The topological polar surface area (TPSA) is 32.3 Å². The molecule has 0 spiro atoms. The van der Waals surface area contributed by atoms with Gasteiger partial charge in [0.15, 0.2) is 0 Å². The fourth-order valence-corrected chi connectivity index (χ4v) is 5.76. The largest absolute Gasteiger partial charge is 0.388 e. The molecular weight excluding hydrogens is 270 g/mol. The highest BCUT2D eigenvalue weighted by molar-refractivity contribution is 5.23. The van der Waals surface area contributed by atoms with Crippen LogP contribution in [-0.4, -0.2) is 17.2 Å². The normalized spacial score (nSPS) is 37.5. The number of rotatable bonds is 5. The minimum atomic E-state index is -0.331. The first-order chi connectivity index (χ1) is 10.6. The molecule has 0 aromatic heterocycles. The molecule has 4 aliphatic rings. The molecule has 4 aliphatic carbocycles. The van der Waals surface area contributed by atoms with Gasteiger partial charge in [-0.3, -0.25) is 0 Å². The van der Waals surface area contributed by atoms with E-state index in [9.17, 15) is 5.11 Å².